The number of aliphatic hydroxyl groups is 1. The van der Waals surface area contributed by atoms with E-state index in [1.807, 2.05) is 13.8 Å². The Bertz CT molecular complexity index is 2990. The molecule has 2 saturated carbocycles. The zero-order chi connectivity index (χ0) is 71.3. The number of halogens is 4. The first-order chi connectivity index (χ1) is 45.2. The van der Waals surface area contributed by atoms with Gasteiger partial charge in [0.1, 0.15) is 47.8 Å². The third-order valence-electron chi connectivity index (χ3n) is 20.2. The predicted octanol–water partition coefficient (Wildman–Crippen LogP) is 3.45. The summed E-state index contributed by atoms with van der Waals surface area (Å²) in [5.41, 5.74) is -2.41. The van der Waals surface area contributed by atoms with Gasteiger partial charge >= 0.3 is 6.18 Å². The molecule has 29 heteroatoms. The number of nitrogens with zero attached hydrogens (tertiary/aromatic N) is 9. The number of benzene rings is 1. The Hall–Kier alpha value is -7.10. The third-order valence-corrected chi connectivity index (χ3v) is 20.6. The third kappa shape index (κ3) is 19.2. The van der Waals surface area contributed by atoms with Gasteiger partial charge in [0.2, 0.25) is 70.9 Å². The van der Waals surface area contributed by atoms with Gasteiger partial charge in [-0.3, -0.25) is 57.5 Å². The maximum atomic E-state index is 15.8. The fourth-order valence-corrected chi connectivity index (χ4v) is 14.4. The van der Waals surface area contributed by atoms with Crippen LogP contribution in [0, 0.1) is 17.8 Å². The van der Waals surface area contributed by atoms with E-state index in [-0.39, 0.29) is 56.6 Å². The molecular weight excluding hydrogens is 1270 g/mol. The molecule has 1 spiro atoms. The first-order valence-corrected chi connectivity index (χ1v) is 34.3. The Morgan fingerprint density at radius 2 is 1.26 bits per heavy atom. The molecule has 4 N–H and O–H groups in total. The minimum absolute atomic E-state index is 0.00721. The van der Waals surface area contributed by atoms with Crippen LogP contribution >= 0.6 is 11.6 Å². The monoisotopic (exact) mass is 1370 g/mol. The number of rotatable bonds is 10. The van der Waals surface area contributed by atoms with E-state index in [1.165, 1.54) is 75.0 Å². The largest absolute Gasteiger partial charge is 0.417 e. The van der Waals surface area contributed by atoms with Gasteiger partial charge in [-0.2, -0.15) is 13.2 Å². The zero-order valence-corrected chi connectivity index (χ0v) is 58.5. The lowest BCUT2D eigenvalue weighted by molar-refractivity contribution is -0.157. The molecule has 2 aliphatic carbocycles. The average Bonchev–Trinajstić information content (AvgIpc) is 1.02. The Labute approximate surface area is 567 Å². The lowest BCUT2D eigenvalue weighted by Crippen LogP contribution is -2.65. The number of carbonyl (C=O) groups is 12. The molecule has 5 fully saturated rings. The number of hydrogen-bond acceptors (Lipinski definition) is 13. The number of nitrogens with one attached hydrogen (secondary N) is 3. The highest BCUT2D eigenvalue weighted by atomic mass is 35.5. The molecule has 12 amide bonds. The molecule has 8 atom stereocenters. The molecule has 0 aromatic heterocycles. The van der Waals surface area contributed by atoms with Crippen LogP contribution in [0.2, 0.25) is 5.02 Å². The van der Waals surface area contributed by atoms with E-state index in [2.05, 4.69) is 16.0 Å². The van der Waals surface area contributed by atoms with Crippen molar-refractivity contribution in [3.8, 4) is 0 Å². The molecule has 3 saturated heterocycles. The van der Waals surface area contributed by atoms with Crippen molar-refractivity contribution in [2.75, 3.05) is 95.2 Å². The number of carbonyl (C=O) groups excluding carboxylic acids is 12. The maximum Gasteiger partial charge on any atom is 0.417 e. The SMILES string of the molecule is CC[C@H](C)[C@@H]1NC(=O)[C@H](CC(C)C)N(C)C(=O)C[C@@H](C(=O)N2CCCCC2)N(C)C(=O)[C@H](C2CCCCC2)N(C)C(=O)C2(CCCC2)NC(=O)[C@@H]2CCCN2C(=O)[C@H](CCc2ccc(C(F)(F)F)c(Cl)c2)NC(=O)CN(C)C(=O)[C@H](CO)N(C)C(=O)CN(C)C(=O)CN(C)C1=O. The summed E-state index contributed by atoms with van der Waals surface area (Å²) in [5, 5.41) is 18.5. The summed E-state index contributed by atoms with van der Waals surface area (Å²) in [6.45, 7) is 5.05. The lowest BCUT2D eigenvalue weighted by Gasteiger charge is -2.43. The fourth-order valence-electron chi connectivity index (χ4n) is 14.1. The lowest BCUT2D eigenvalue weighted by atomic mass is 9.81. The van der Waals surface area contributed by atoms with Crippen molar-refractivity contribution in [2.24, 2.45) is 17.8 Å². The second-order valence-electron chi connectivity index (χ2n) is 27.6. The van der Waals surface area contributed by atoms with Crippen molar-refractivity contribution in [2.45, 2.75) is 204 Å². The number of aliphatic hydroxyl groups excluding tert-OH is 1. The molecular formula is C67H102ClF3N12O13. The molecule has 3 aliphatic heterocycles. The van der Waals surface area contributed by atoms with Gasteiger partial charge in [0.25, 0.3) is 0 Å². The second-order valence-corrected chi connectivity index (χ2v) is 28.0. The molecule has 0 bridgehead atoms. The van der Waals surface area contributed by atoms with Crippen molar-refractivity contribution < 1.29 is 75.8 Å². The van der Waals surface area contributed by atoms with E-state index in [0.29, 0.717) is 64.5 Å². The Morgan fingerprint density at radius 1 is 0.656 bits per heavy atom. The molecule has 0 radical (unpaired) electrons. The highest BCUT2D eigenvalue weighted by molar-refractivity contribution is 6.31. The Kier molecular flexibility index (Phi) is 27.9. The van der Waals surface area contributed by atoms with Crippen LogP contribution in [0.15, 0.2) is 18.2 Å². The number of likely N-dealkylation sites (N-methyl/N-ethyl adjacent to an activating group) is 7. The van der Waals surface area contributed by atoms with Crippen LogP contribution in [-0.2, 0) is 70.1 Å². The zero-order valence-electron chi connectivity index (χ0n) is 57.8. The normalized spacial score (nSPS) is 26.4. The first-order valence-electron chi connectivity index (χ1n) is 33.9. The van der Waals surface area contributed by atoms with Crippen molar-refractivity contribution in [3.63, 3.8) is 0 Å². The van der Waals surface area contributed by atoms with E-state index < -0.39 is 180 Å². The van der Waals surface area contributed by atoms with Crippen LogP contribution in [0.4, 0.5) is 13.2 Å². The molecule has 0 unspecified atom stereocenters. The van der Waals surface area contributed by atoms with Gasteiger partial charge in [0.05, 0.1) is 43.2 Å². The molecule has 5 aliphatic rings. The van der Waals surface area contributed by atoms with Gasteiger partial charge in [-0.25, -0.2) is 0 Å². The number of alkyl halides is 3. The van der Waals surface area contributed by atoms with E-state index >= 15 is 28.8 Å². The van der Waals surface area contributed by atoms with Crippen LogP contribution in [0.25, 0.3) is 0 Å². The first kappa shape index (κ1) is 77.9. The summed E-state index contributed by atoms with van der Waals surface area (Å²) in [6.07, 6.45) is 2.20. The van der Waals surface area contributed by atoms with Crippen LogP contribution in [0.3, 0.4) is 0 Å². The molecule has 96 heavy (non-hydrogen) atoms. The van der Waals surface area contributed by atoms with Gasteiger partial charge in [0.15, 0.2) is 0 Å². The van der Waals surface area contributed by atoms with Gasteiger partial charge in [0, 0.05) is 69.0 Å². The topological polar surface area (TPSA) is 290 Å². The summed E-state index contributed by atoms with van der Waals surface area (Å²) >= 11 is 6.10. The molecule has 536 valence electrons. The Morgan fingerprint density at radius 3 is 1.85 bits per heavy atom. The molecule has 6 rings (SSSR count). The average molecular weight is 1380 g/mol. The molecule has 25 nitrogen and oxygen atoms in total. The standard InChI is InChI=1S/C67H102ClF3N12O13/c1-12-42(4)56-63(94)77(7)38-54(87)75(5)39-55(88)79(9)51(40-84)61(92)76(6)37-52(85)72-47(28-26-43-25-27-45(46(68)35-43)67(69,70)71)60(91)83-33-21-24-48(83)59(90)74-66(29-17-18-30-66)65(96)81(11)57(44-22-15-13-16-23-44)64(95)80(10)50(62(93)82-31-19-14-20-32-82)36-53(86)78(8)49(34-41(2)3)58(89)73-56/h25,27,35,41-42,44,47-51,56-57,84H,12-24,26,28-34,36-40H2,1-11H3,(H,72,85)(H,73,89)(H,74,90)/t42-,47-,48-,49-,50-,51-,56-,57-/m0/s1. The summed E-state index contributed by atoms with van der Waals surface area (Å²) in [4.78, 5) is 187. The van der Waals surface area contributed by atoms with Crippen molar-refractivity contribution in [3.05, 3.63) is 34.3 Å². The van der Waals surface area contributed by atoms with Crippen molar-refractivity contribution in [1.82, 2.24) is 60.0 Å². The van der Waals surface area contributed by atoms with Crippen LogP contribution in [-0.4, -0.2) is 263 Å². The molecule has 1 aromatic carbocycles. The second kappa shape index (κ2) is 34.4. The number of aryl methyl sites for hydroxylation is 1. The number of piperidine rings is 1. The van der Waals surface area contributed by atoms with Gasteiger partial charge in [-0.05, 0) is 112 Å². The predicted molar refractivity (Wildman–Crippen MR) is 349 cm³/mol. The summed E-state index contributed by atoms with van der Waals surface area (Å²) in [7, 11) is 9.41. The number of amides is 12. The van der Waals surface area contributed by atoms with Crippen molar-refractivity contribution in [1.29, 1.82) is 0 Å². The van der Waals surface area contributed by atoms with Crippen LogP contribution in [0.5, 0.6) is 0 Å². The van der Waals surface area contributed by atoms with Crippen LogP contribution < -0.4 is 16.0 Å². The molecule has 3 heterocycles. The highest BCUT2D eigenvalue weighted by Gasteiger charge is 2.51. The molecule has 1 aromatic rings. The highest BCUT2D eigenvalue weighted by Crippen LogP contribution is 2.38. The van der Waals surface area contributed by atoms with Crippen molar-refractivity contribution >= 4 is 82.5 Å². The summed E-state index contributed by atoms with van der Waals surface area (Å²) < 4.78 is 41.3. The minimum Gasteiger partial charge on any atom is -0.394 e. The summed E-state index contributed by atoms with van der Waals surface area (Å²) in [6, 6.07) is -6.25. The van der Waals surface area contributed by atoms with E-state index in [0.717, 1.165) is 57.4 Å². The van der Waals surface area contributed by atoms with E-state index in [4.69, 9.17) is 11.6 Å². The number of likely N-dealkylation sites (tertiary alicyclic amines) is 1. The van der Waals surface area contributed by atoms with Gasteiger partial charge in [-0.1, -0.05) is 83.9 Å². The van der Waals surface area contributed by atoms with Gasteiger partial charge < -0.3 is 65.2 Å². The summed E-state index contributed by atoms with van der Waals surface area (Å²) in [5.74, 6) is -9.68. The van der Waals surface area contributed by atoms with Crippen LogP contribution in [0.1, 0.15) is 154 Å². The smallest absolute Gasteiger partial charge is 0.394 e. The van der Waals surface area contributed by atoms with Gasteiger partial charge in [-0.15, -0.1) is 0 Å². The minimum atomic E-state index is -4.77. The quantitative estimate of drug-likeness (QED) is 0.262. The fraction of sp³-hybridized carbons (Fsp3) is 0.731. The van der Waals surface area contributed by atoms with E-state index in [1.54, 1.807) is 18.7 Å². The number of fused-ring (bicyclic) bond motifs is 1. The Balaban J connectivity index is 1.42. The van der Waals surface area contributed by atoms with E-state index in [9.17, 15) is 47.0 Å². The number of hydrogen-bond donors (Lipinski definition) is 4. The maximum absolute atomic E-state index is 15.8.